The molecule has 0 spiro atoms. The van der Waals surface area contributed by atoms with Crippen LogP contribution in [0.5, 0.6) is 0 Å². The zero-order valence-electron chi connectivity index (χ0n) is 22.0. The molecule has 0 saturated heterocycles. The van der Waals surface area contributed by atoms with Gasteiger partial charge in [0.2, 0.25) is 0 Å². The van der Waals surface area contributed by atoms with Crippen LogP contribution in [0.15, 0.2) is 98.1 Å². The number of rotatable bonds is 10. The van der Waals surface area contributed by atoms with E-state index in [0.29, 0.717) is 0 Å². The zero-order valence-corrected chi connectivity index (χ0v) is 24.5. The molecule has 0 aliphatic rings. The average molecular weight is 586 g/mol. The summed E-state index contributed by atoms with van der Waals surface area (Å²) >= 11 is -9.18. The second kappa shape index (κ2) is 7.36. The van der Waals surface area contributed by atoms with E-state index in [9.17, 15) is 5.26 Å². The quantitative estimate of drug-likeness (QED) is 0.115. The van der Waals surface area contributed by atoms with Gasteiger partial charge in [0.15, 0.2) is 0 Å². The van der Waals surface area contributed by atoms with Crippen molar-refractivity contribution in [2.75, 3.05) is 23.8 Å². The van der Waals surface area contributed by atoms with Crippen LogP contribution in [0, 0.1) is 5.41 Å². The molecule has 8 heteroatoms. The molecule has 3 aromatic carbocycles. The van der Waals surface area contributed by atoms with E-state index in [1.54, 1.807) is 54.6 Å². The van der Waals surface area contributed by atoms with Crippen molar-refractivity contribution in [1.82, 2.24) is 0 Å². The van der Waals surface area contributed by atoms with Gasteiger partial charge in [-0.25, -0.2) is 0 Å². The van der Waals surface area contributed by atoms with E-state index in [4.69, 9.17) is 23.0 Å². The van der Waals surface area contributed by atoms with Crippen LogP contribution in [-0.2, 0) is 23.8 Å². The summed E-state index contributed by atoms with van der Waals surface area (Å²) in [4.78, 5) is 0. The molecule has 3 aromatic rings. The van der Waals surface area contributed by atoms with Crippen molar-refractivity contribution in [3.05, 3.63) is 98.1 Å². The Morgan fingerprint density at radius 3 is 1.38 bits per heavy atom. The van der Waals surface area contributed by atoms with Crippen LogP contribution in [0.3, 0.4) is 0 Å². The standard InChI is InChI=1S/3C6H6N.C5H11O.2C3H5.H2O2.O.Zr/c3*7-6-4-2-1-3-5-6;1-5(2,3)4-6;2*1-3-2;1-2;;/h3*1-2,4-5H,7H2;4H2,1-3H3;2*3H,1-2H2;1-2H;;/q;;;-1;;;;;+2/p-1. The Labute approximate surface area is 211 Å². The molecule has 3 rings (SSSR count). The number of hydrogen-bond donors (Lipinski definition) is 4. The van der Waals surface area contributed by atoms with E-state index in [1.165, 1.54) is 30.4 Å². The minimum absolute atomic E-state index is 0.0207. The monoisotopic (exact) mass is 584 g/mol. The van der Waals surface area contributed by atoms with Crippen LogP contribution in [0.25, 0.3) is 0 Å². The normalized spacial score (nSPS) is 16.4. The molecule has 0 saturated carbocycles. The molecule has 0 atom stereocenters. The number of benzene rings is 3. The van der Waals surface area contributed by atoms with Gasteiger partial charge in [-0.3, -0.25) is 0 Å². The van der Waals surface area contributed by atoms with Crippen LogP contribution in [0.2, 0.25) is 8.26 Å². The Morgan fingerprint density at radius 1 is 0.784 bits per heavy atom. The van der Waals surface area contributed by atoms with Gasteiger partial charge in [0.05, 0.1) is 0 Å². The first-order chi connectivity index (χ1) is 17.1. The molecule has 7 nitrogen and oxygen atoms in total. The first-order valence-electron chi connectivity index (χ1n) is 12.4. The molecule has 37 heavy (non-hydrogen) atoms. The van der Waals surface area contributed by atoms with Crippen molar-refractivity contribution in [3.63, 3.8) is 0 Å². The van der Waals surface area contributed by atoms with Crippen molar-refractivity contribution in [3.8, 4) is 0 Å². The molecule has 0 unspecified atom stereocenters. The molecular formula is C29H40N3O4Zr. The molecule has 0 fully saturated rings. The summed E-state index contributed by atoms with van der Waals surface area (Å²) in [5.74, 6) is 0. The van der Waals surface area contributed by atoms with Crippen LogP contribution in [-0.4, -0.2) is 11.9 Å². The van der Waals surface area contributed by atoms with Gasteiger partial charge in [-0.05, 0) is 0 Å². The summed E-state index contributed by atoms with van der Waals surface area (Å²) in [5.41, 5.74) is 19.3. The van der Waals surface area contributed by atoms with Crippen LogP contribution >= 0.6 is 0 Å². The summed E-state index contributed by atoms with van der Waals surface area (Å²) in [6.07, 6.45) is 2.85. The van der Waals surface area contributed by atoms with Crippen LogP contribution < -0.4 is 27.0 Å². The molecule has 199 valence electrons. The molecule has 0 aliphatic heterocycles. The predicted molar refractivity (Wildman–Crippen MR) is 151 cm³/mol. The average Bonchev–Trinajstić information content (AvgIpc) is 2.84. The third-order valence-electron chi connectivity index (χ3n) is 8.89. The molecule has 0 bridgehead atoms. The number of hydrogen-bond acceptors (Lipinski definition) is 7. The topological polar surface area (TPSA) is 134 Å². The van der Waals surface area contributed by atoms with Gasteiger partial charge in [-0.2, -0.15) is 0 Å². The third-order valence-corrected chi connectivity index (χ3v) is 39.7. The van der Waals surface area contributed by atoms with E-state index < -0.39 is 28.9 Å². The molecule has 0 amide bonds. The fourth-order valence-corrected chi connectivity index (χ4v) is 33.7. The van der Waals surface area contributed by atoms with Crippen LogP contribution in [0.1, 0.15) is 20.8 Å². The van der Waals surface area contributed by atoms with E-state index >= 15 is 2.81 Å². The number of anilines is 3. The predicted octanol–water partition coefficient (Wildman–Crippen LogP) is 4.94. The van der Waals surface area contributed by atoms with Crippen molar-refractivity contribution in [2.24, 2.45) is 5.41 Å². The van der Waals surface area contributed by atoms with Crippen molar-refractivity contribution < 1.29 is 29.1 Å². The molecule has 7 N–H and O–H groups in total. The van der Waals surface area contributed by atoms with Gasteiger partial charge >= 0.3 is 212 Å². The Hall–Kier alpha value is -2.90. The first kappa shape index (κ1) is 28.7. The number of nitrogen functional groups attached to an aromatic ring is 3. The van der Waals surface area contributed by atoms with Gasteiger partial charge in [-0.1, -0.05) is 0 Å². The summed E-state index contributed by atoms with van der Waals surface area (Å²) < 4.78 is 30.4. The summed E-state index contributed by atoms with van der Waals surface area (Å²) in [6.45, 7) is 13.6. The third kappa shape index (κ3) is 3.01. The zero-order chi connectivity index (χ0) is 27.8. The van der Waals surface area contributed by atoms with Gasteiger partial charge in [0, 0.05) is 0 Å². The van der Waals surface area contributed by atoms with Crippen LogP contribution in [0.4, 0.5) is 17.1 Å². The maximum absolute atomic E-state index is 18.3. The molecule has 0 aromatic heterocycles. The molecule has 0 aliphatic carbocycles. The Morgan fingerprint density at radius 2 is 1.14 bits per heavy atom. The van der Waals surface area contributed by atoms with Gasteiger partial charge < -0.3 is 0 Å². The van der Waals surface area contributed by atoms with Crippen molar-refractivity contribution >= 4 is 26.9 Å². The fraction of sp³-hybridized carbons (Fsp3) is 0.241. The van der Waals surface area contributed by atoms with Crippen molar-refractivity contribution in [2.45, 2.75) is 29.0 Å². The molecule has 0 radical (unpaired) electrons. The molecule has 0 heterocycles. The Kier molecular flexibility index (Phi) is 5.70. The van der Waals surface area contributed by atoms with E-state index in [-0.39, 0.29) is 33.5 Å². The fourth-order valence-electron chi connectivity index (χ4n) is 6.71. The maximum atomic E-state index is 18.3. The van der Waals surface area contributed by atoms with Gasteiger partial charge in [-0.15, -0.1) is 0 Å². The first-order valence-corrected chi connectivity index (χ1v) is 22.5. The van der Waals surface area contributed by atoms with Gasteiger partial charge in [0.1, 0.15) is 0 Å². The van der Waals surface area contributed by atoms with Crippen molar-refractivity contribution in [1.29, 1.82) is 0 Å². The summed E-state index contributed by atoms with van der Waals surface area (Å²) in [5, 5.41) is 11.8. The van der Waals surface area contributed by atoms with E-state index in [1.807, 2.05) is 20.8 Å². The summed E-state index contributed by atoms with van der Waals surface area (Å²) in [6, 6.07) is 19.2. The Balaban J connectivity index is 3.09. The molecular weight excluding hydrogens is 546 g/mol. The summed E-state index contributed by atoms with van der Waals surface area (Å²) in [7, 11) is 0. The second-order valence-corrected chi connectivity index (χ2v) is 38.2. The van der Waals surface area contributed by atoms with E-state index in [2.05, 4.69) is 13.2 Å². The van der Waals surface area contributed by atoms with E-state index in [0.717, 1.165) is 0 Å². The number of nitrogens with two attached hydrogens (primary N) is 3. The Bertz CT molecular complexity index is 1430. The number of allylic oxidation sites excluding steroid dienone is 2. The second-order valence-electron chi connectivity index (χ2n) is 12.5. The van der Waals surface area contributed by atoms with Gasteiger partial charge in [0.25, 0.3) is 0 Å². The minimum atomic E-state index is -9.18. The SMILES string of the molecule is C=C[CH2][Zr](=[O])([CH2]C=C)([O]O)([O]CC(C)(C)C)([c]1cccc(N)c1)([c]1cccc(N)c1)[c]1cccc(N)c1.